The monoisotopic (exact) mass is 297 g/mol. The second kappa shape index (κ2) is 6.93. The van der Waals surface area contributed by atoms with Crippen molar-refractivity contribution in [2.45, 2.75) is 38.7 Å². The van der Waals surface area contributed by atoms with Crippen LogP contribution in [-0.2, 0) is 4.74 Å². The second-order valence-corrected chi connectivity index (χ2v) is 6.09. The summed E-state index contributed by atoms with van der Waals surface area (Å²) >= 11 is 0. The summed E-state index contributed by atoms with van der Waals surface area (Å²) in [6.07, 6.45) is 4.01. The molecule has 116 valence electrons. The Bertz CT molecular complexity index is 584. The lowest BCUT2D eigenvalue weighted by molar-refractivity contribution is 0.0237. The van der Waals surface area contributed by atoms with Gasteiger partial charge in [-0.1, -0.05) is 38.1 Å². The quantitative estimate of drug-likeness (QED) is 0.836. The van der Waals surface area contributed by atoms with E-state index in [9.17, 15) is 0 Å². The highest BCUT2D eigenvalue weighted by molar-refractivity contribution is 5.63. The zero-order valence-corrected chi connectivity index (χ0v) is 13.3. The van der Waals surface area contributed by atoms with E-state index in [1.54, 1.807) is 0 Å². The highest BCUT2D eigenvalue weighted by atomic mass is 16.5. The minimum Gasteiger partial charge on any atom is -0.474 e. The van der Waals surface area contributed by atoms with Crippen molar-refractivity contribution in [3.8, 4) is 17.0 Å². The zero-order valence-electron chi connectivity index (χ0n) is 13.3. The molecule has 3 heteroatoms. The van der Waals surface area contributed by atoms with Crippen LogP contribution in [0.15, 0.2) is 42.6 Å². The summed E-state index contributed by atoms with van der Waals surface area (Å²) in [5.74, 6) is 1.26. The van der Waals surface area contributed by atoms with Gasteiger partial charge in [0.1, 0.15) is 6.10 Å². The summed E-state index contributed by atoms with van der Waals surface area (Å²) in [5.41, 5.74) is 3.67. The van der Waals surface area contributed by atoms with Gasteiger partial charge in [0.25, 0.3) is 0 Å². The van der Waals surface area contributed by atoms with Crippen LogP contribution >= 0.6 is 0 Å². The van der Waals surface area contributed by atoms with Crippen molar-refractivity contribution in [3.63, 3.8) is 0 Å². The molecule has 1 aliphatic heterocycles. The Kier molecular flexibility index (Phi) is 4.74. The molecule has 1 aliphatic rings. The summed E-state index contributed by atoms with van der Waals surface area (Å²) in [6, 6.07) is 12.7. The number of ether oxygens (including phenoxy) is 2. The fourth-order valence-corrected chi connectivity index (χ4v) is 2.65. The van der Waals surface area contributed by atoms with Gasteiger partial charge in [0, 0.05) is 30.7 Å². The zero-order chi connectivity index (χ0) is 15.4. The maximum Gasteiger partial charge on any atom is 0.213 e. The van der Waals surface area contributed by atoms with E-state index in [-0.39, 0.29) is 6.10 Å². The Morgan fingerprint density at radius 3 is 2.27 bits per heavy atom. The van der Waals surface area contributed by atoms with Crippen LogP contribution in [0, 0.1) is 0 Å². The predicted octanol–water partition coefficient (Wildman–Crippen LogP) is 4.43. The number of hydrogen-bond donors (Lipinski definition) is 0. The SMILES string of the molecule is CC(C)c1ccc(-c2ccc(OC3CCOCC3)nc2)cc1. The van der Waals surface area contributed by atoms with E-state index in [0.29, 0.717) is 11.8 Å². The fourth-order valence-electron chi connectivity index (χ4n) is 2.65. The highest BCUT2D eigenvalue weighted by Crippen LogP contribution is 2.24. The predicted molar refractivity (Wildman–Crippen MR) is 88.2 cm³/mol. The number of hydrogen-bond acceptors (Lipinski definition) is 3. The van der Waals surface area contributed by atoms with E-state index < -0.39 is 0 Å². The molecule has 22 heavy (non-hydrogen) atoms. The van der Waals surface area contributed by atoms with Gasteiger partial charge in [0.2, 0.25) is 5.88 Å². The van der Waals surface area contributed by atoms with Gasteiger partial charge in [-0.3, -0.25) is 0 Å². The van der Waals surface area contributed by atoms with E-state index in [0.717, 1.165) is 31.6 Å². The Morgan fingerprint density at radius 2 is 1.68 bits per heavy atom. The van der Waals surface area contributed by atoms with E-state index in [1.807, 2.05) is 12.3 Å². The van der Waals surface area contributed by atoms with Crippen molar-refractivity contribution in [1.82, 2.24) is 4.98 Å². The van der Waals surface area contributed by atoms with Crippen LogP contribution in [0.25, 0.3) is 11.1 Å². The van der Waals surface area contributed by atoms with Gasteiger partial charge in [0.05, 0.1) is 13.2 Å². The minimum absolute atomic E-state index is 0.234. The van der Waals surface area contributed by atoms with Crippen LogP contribution in [-0.4, -0.2) is 24.3 Å². The average molecular weight is 297 g/mol. The van der Waals surface area contributed by atoms with E-state index >= 15 is 0 Å². The molecule has 1 aromatic heterocycles. The number of aromatic nitrogens is 1. The molecule has 2 aromatic rings. The lowest BCUT2D eigenvalue weighted by Crippen LogP contribution is -2.26. The molecule has 1 fully saturated rings. The molecule has 3 rings (SSSR count). The van der Waals surface area contributed by atoms with Crippen molar-refractivity contribution >= 4 is 0 Å². The molecule has 0 atom stereocenters. The molecule has 0 N–H and O–H groups in total. The minimum atomic E-state index is 0.234. The Morgan fingerprint density at radius 1 is 1.00 bits per heavy atom. The standard InChI is InChI=1S/C19H23NO2/c1-14(2)15-3-5-16(6-4-15)17-7-8-19(20-13-17)22-18-9-11-21-12-10-18/h3-8,13-14,18H,9-12H2,1-2H3. The van der Waals surface area contributed by atoms with Gasteiger partial charge >= 0.3 is 0 Å². The smallest absolute Gasteiger partial charge is 0.213 e. The highest BCUT2D eigenvalue weighted by Gasteiger charge is 2.15. The van der Waals surface area contributed by atoms with Crippen LogP contribution < -0.4 is 4.74 Å². The van der Waals surface area contributed by atoms with Crippen LogP contribution in [0.2, 0.25) is 0 Å². The van der Waals surface area contributed by atoms with Crippen LogP contribution in [0.1, 0.15) is 38.2 Å². The van der Waals surface area contributed by atoms with Crippen LogP contribution in [0.5, 0.6) is 5.88 Å². The summed E-state index contributed by atoms with van der Waals surface area (Å²) < 4.78 is 11.2. The van der Waals surface area contributed by atoms with Crippen molar-refractivity contribution in [2.75, 3.05) is 13.2 Å². The first-order chi connectivity index (χ1) is 10.7. The van der Waals surface area contributed by atoms with E-state index in [2.05, 4.69) is 49.2 Å². The molecule has 0 saturated carbocycles. The van der Waals surface area contributed by atoms with Crippen molar-refractivity contribution in [3.05, 3.63) is 48.2 Å². The first-order valence-corrected chi connectivity index (χ1v) is 8.03. The Hall–Kier alpha value is -1.87. The van der Waals surface area contributed by atoms with Crippen molar-refractivity contribution < 1.29 is 9.47 Å². The number of nitrogens with zero attached hydrogens (tertiary/aromatic N) is 1. The molecule has 2 heterocycles. The average Bonchev–Trinajstić information content (AvgIpc) is 2.57. The molecule has 1 saturated heterocycles. The number of pyridine rings is 1. The third-order valence-corrected chi connectivity index (χ3v) is 4.10. The second-order valence-electron chi connectivity index (χ2n) is 6.09. The number of benzene rings is 1. The molecular formula is C19H23NO2. The van der Waals surface area contributed by atoms with Crippen molar-refractivity contribution in [1.29, 1.82) is 0 Å². The lowest BCUT2D eigenvalue weighted by Gasteiger charge is -2.22. The number of rotatable bonds is 4. The lowest BCUT2D eigenvalue weighted by atomic mass is 9.99. The topological polar surface area (TPSA) is 31.4 Å². The summed E-state index contributed by atoms with van der Waals surface area (Å²) in [5, 5.41) is 0. The molecule has 0 amide bonds. The van der Waals surface area contributed by atoms with Gasteiger partial charge in [-0.15, -0.1) is 0 Å². The molecule has 0 unspecified atom stereocenters. The van der Waals surface area contributed by atoms with Gasteiger partial charge in [-0.05, 0) is 23.1 Å². The third kappa shape index (κ3) is 3.66. The van der Waals surface area contributed by atoms with Gasteiger partial charge in [-0.25, -0.2) is 4.98 Å². The molecule has 0 radical (unpaired) electrons. The van der Waals surface area contributed by atoms with Gasteiger partial charge in [-0.2, -0.15) is 0 Å². The molecule has 0 bridgehead atoms. The molecule has 1 aromatic carbocycles. The summed E-state index contributed by atoms with van der Waals surface area (Å²) in [4.78, 5) is 4.44. The largest absolute Gasteiger partial charge is 0.474 e. The fraction of sp³-hybridized carbons (Fsp3) is 0.421. The summed E-state index contributed by atoms with van der Waals surface area (Å²) in [7, 11) is 0. The van der Waals surface area contributed by atoms with E-state index in [4.69, 9.17) is 9.47 Å². The van der Waals surface area contributed by atoms with Gasteiger partial charge in [0.15, 0.2) is 0 Å². The molecule has 3 nitrogen and oxygen atoms in total. The first kappa shape index (κ1) is 15.0. The molecule has 0 spiro atoms. The summed E-state index contributed by atoms with van der Waals surface area (Å²) in [6.45, 7) is 5.98. The normalized spacial score (nSPS) is 16.0. The van der Waals surface area contributed by atoms with E-state index in [1.165, 1.54) is 11.1 Å². The van der Waals surface area contributed by atoms with Crippen LogP contribution in [0.4, 0.5) is 0 Å². The Balaban J connectivity index is 1.67. The van der Waals surface area contributed by atoms with Crippen molar-refractivity contribution in [2.24, 2.45) is 0 Å². The molecule has 0 aliphatic carbocycles. The Labute approximate surface area is 132 Å². The molecular weight excluding hydrogens is 274 g/mol. The van der Waals surface area contributed by atoms with Gasteiger partial charge < -0.3 is 9.47 Å². The maximum atomic E-state index is 5.91. The first-order valence-electron chi connectivity index (χ1n) is 8.03. The third-order valence-electron chi connectivity index (χ3n) is 4.10. The van der Waals surface area contributed by atoms with Crippen LogP contribution in [0.3, 0.4) is 0 Å². The maximum absolute atomic E-state index is 5.91.